The van der Waals surface area contributed by atoms with Crippen LogP contribution in [0.3, 0.4) is 0 Å². The number of hydrogen-bond acceptors (Lipinski definition) is 3. The van der Waals surface area contributed by atoms with Crippen LogP contribution >= 0.6 is 11.8 Å². The van der Waals surface area contributed by atoms with E-state index in [0.29, 0.717) is 0 Å². The molecule has 0 atom stereocenters. The number of amides is 1. The lowest BCUT2D eigenvalue weighted by Gasteiger charge is -2.35. The third-order valence-electron chi connectivity index (χ3n) is 3.75. The molecule has 0 spiro atoms. The van der Waals surface area contributed by atoms with Crippen molar-refractivity contribution in [3.05, 3.63) is 29.8 Å². The molecule has 3 nitrogen and oxygen atoms in total. The summed E-state index contributed by atoms with van der Waals surface area (Å²) in [5.74, 6) is 0.228. The number of benzene rings is 1. The van der Waals surface area contributed by atoms with Crippen LogP contribution in [0.5, 0.6) is 0 Å². The number of rotatable bonds is 3. The van der Waals surface area contributed by atoms with Crippen molar-refractivity contribution in [3.63, 3.8) is 0 Å². The number of carbonyl (C=O) groups excluding carboxylic acids is 1. The van der Waals surface area contributed by atoms with Gasteiger partial charge in [0.2, 0.25) is 5.91 Å². The topological polar surface area (TPSA) is 32.3 Å². The lowest BCUT2D eigenvalue weighted by molar-refractivity contribution is -0.136. The third-order valence-corrected chi connectivity index (χ3v) is 4.49. The van der Waals surface area contributed by atoms with Crippen LogP contribution in [-0.2, 0) is 10.2 Å². The summed E-state index contributed by atoms with van der Waals surface area (Å²) in [6.07, 6.45) is 2.06. The van der Waals surface area contributed by atoms with Gasteiger partial charge >= 0.3 is 0 Å². The number of nitrogens with zero attached hydrogens (tertiary/aromatic N) is 1. The Kier molecular flexibility index (Phi) is 4.53. The molecule has 1 amide bonds. The summed E-state index contributed by atoms with van der Waals surface area (Å²) < 4.78 is 0. The fourth-order valence-corrected chi connectivity index (χ4v) is 2.80. The fourth-order valence-electron chi connectivity index (χ4n) is 2.39. The average molecular weight is 278 g/mol. The molecule has 1 aromatic carbocycles. The van der Waals surface area contributed by atoms with E-state index in [-0.39, 0.29) is 5.91 Å². The van der Waals surface area contributed by atoms with Gasteiger partial charge in [-0.15, -0.1) is 11.8 Å². The molecular weight excluding hydrogens is 256 g/mol. The highest BCUT2D eigenvalue weighted by atomic mass is 32.2. The SMILES string of the molecule is CSc1ccc(C(C)(C)C(=O)N2CCNCC2)cc1. The first-order valence-electron chi connectivity index (χ1n) is 6.70. The van der Waals surface area contributed by atoms with E-state index >= 15 is 0 Å². The minimum absolute atomic E-state index is 0.228. The molecule has 0 aliphatic carbocycles. The smallest absolute Gasteiger partial charge is 0.232 e. The van der Waals surface area contributed by atoms with Gasteiger partial charge in [0.05, 0.1) is 5.41 Å². The lowest BCUT2D eigenvalue weighted by atomic mass is 9.83. The third kappa shape index (κ3) is 3.12. The van der Waals surface area contributed by atoms with Crippen molar-refractivity contribution in [1.82, 2.24) is 10.2 Å². The van der Waals surface area contributed by atoms with Crippen LogP contribution in [0.2, 0.25) is 0 Å². The standard InChI is InChI=1S/C15H22N2OS/c1-15(2,12-4-6-13(19-3)7-5-12)14(18)17-10-8-16-9-11-17/h4-7,16H,8-11H2,1-3H3. The van der Waals surface area contributed by atoms with E-state index < -0.39 is 5.41 Å². The van der Waals surface area contributed by atoms with E-state index in [1.54, 1.807) is 11.8 Å². The van der Waals surface area contributed by atoms with E-state index in [2.05, 4.69) is 35.8 Å². The Balaban J connectivity index is 2.17. The monoisotopic (exact) mass is 278 g/mol. The summed E-state index contributed by atoms with van der Waals surface area (Å²) in [6.45, 7) is 7.45. The van der Waals surface area contributed by atoms with Crippen LogP contribution < -0.4 is 5.32 Å². The van der Waals surface area contributed by atoms with Gasteiger partial charge in [0.25, 0.3) is 0 Å². The maximum atomic E-state index is 12.7. The minimum atomic E-state index is -0.450. The zero-order valence-corrected chi connectivity index (χ0v) is 12.7. The predicted octanol–water partition coefficient (Wildman–Crippen LogP) is 2.12. The van der Waals surface area contributed by atoms with Crippen molar-refractivity contribution in [3.8, 4) is 0 Å². The van der Waals surface area contributed by atoms with Crippen LogP contribution in [0.15, 0.2) is 29.2 Å². The van der Waals surface area contributed by atoms with Crippen LogP contribution in [0.4, 0.5) is 0 Å². The molecule has 1 aliphatic heterocycles. The molecule has 2 rings (SSSR count). The van der Waals surface area contributed by atoms with Crippen LogP contribution in [0.1, 0.15) is 19.4 Å². The van der Waals surface area contributed by atoms with Gasteiger partial charge in [-0.1, -0.05) is 12.1 Å². The molecular formula is C15H22N2OS. The molecule has 0 aromatic heterocycles. The van der Waals surface area contributed by atoms with Gasteiger partial charge in [-0.05, 0) is 37.8 Å². The first kappa shape index (κ1) is 14.4. The summed E-state index contributed by atoms with van der Waals surface area (Å²) in [5, 5.41) is 3.28. The zero-order chi connectivity index (χ0) is 13.9. The van der Waals surface area contributed by atoms with E-state index in [0.717, 1.165) is 31.7 Å². The number of carbonyl (C=O) groups is 1. The summed E-state index contributed by atoms with van der Waals surface area (Å²) >= 11 is 1.72. The van der Waals surface area contributed by atoms with Crippen molar-refractivity contribution >= 4 is 17.7 Å². The molecule has 0 saturated carbocycles. The molecule has 1 aliphatic rings. The molecule has 1 N–H and O–H groups in total. The highest BCUT2D eigenvalue weighted by Gasteiger charge is 2.34. The Morgan fingerprint density at radius 2 is 1.79 bits per heavy atom. The van der Waals surface area contributed by atoms with Gasteiger partial charge in [0.15, 0.2) is 0 Å². The molecule has 0 radical (unpaired) electrons. The summed E-state index contributed by atoms with van der Waals surface area (Å²) in [7, 11) is 0. The maximum absolute atomic E-state index is 12.7. The number of piperazine rings is 1. The molecule has 104 valence electrons. The normalized spacial score (nSPS) is 16.5. The molecule has 4 heteroatoms. The maximum Gasteiger partial charge on any atom is 0.232 e. The highest BCUT2D eigenvalue weighted by Crippen LogP contribution is 2.27. The number of hydrogen-bond donors (Lipinski definition) is 1. The van der Waals surface area contributed by atoms with Crippen LogP contribution in [0.25, 0.3) is 0 Å². The second kappa shape index (κ2) is 5.97. The average Bonchev–Trinajstić information content (AvgIpc) is 2.47. The van der Waals surface area contributed by atoms with E-state index in [9.17, 15) is 4.79 Å². The first-order chi connectivity index (χ1) is 9.05. The van der Waals surface area contributed by atoms with Crippen molar-refractivity contribution in [1.29, 1.82) is 0 Å². The number of thioether (sulfide) groups is 1. The van der Waals surface area contributed by atoms with Gasteiger partial charge in [-0.25, -0.2) is 0 Å². The Hall–Kier alpha value is -1.00. The molecule has 1 aromatic rings. The van der Waals surface area contributed by atoms with Crippen LogP contribution in [0, 0.1) is 0 Å². The Morgan fingerprint density at radius 3 is 2.32 bits per heavy atom. The zero-order valence-electron chi connectivity index (χ0n) is 11.9. The molecule has 0 unspecified atom stereocenters. The van der Waals surface area contributed by atoms with Crippen LogP contribution in [-0.4, -0.2) is 43.2 Å². The Labute approximate surface area is 119 Å². The van der Waals surface area contributed by atoms with Gasteiger partial charge in [-0.2, -0.15) is 0 Å². The van der Waals surface area contributed by atoms with Crippen molar-refractivity contribution in [2.75, 3.05) is 32.4 Å². The Bertz CT molecular complexity index is 436. The fraction of sp³-hybridized carbons (Fsp3) is 0.533. The van der Waals surface area contributed by atoms with Crippen molar-refractivity contribution < 1.29 is 4.79 Å². The predicted molar refractivity (Wildman–Crippen MR) is 80.7 cm³/mol. The molecule has 19 heavy (non-hydrogen) atoms. The second-order valence-corrected chi connectivity index (χ2v) is 6.28. The summed E-state index contributed by atoms with van der Waals surface area (Å²) in [5.41, 5.74) is 0.641. The lowest BCUT2D eigenvalue weighted by Crippen LogP contribution is -2.51. The van der Waals surface area contributed by atoms with E-state index in [4.69, 9.17) is 0 Å². The molecule has 1 heterocycles. The summed E-state index contributed by atoms with van der Waals surface area (Å²) in [6, 6.07) is 8.33. The van der Waals surface area contributed by atoms with Gasteiger partial charge < -0.3 is 10.2 Å². The molecule has 1 saturated heterocycles. The first-order valence-corrected chi connectivity index (χ1v) is 7.93. The molecule has 1 fully saturated rings. The minimum Gasteiger partial charge on any atom is -0.339 e. The quantitative estimate of drug-likeness (QED) is 0.860. The highest BCUT2D eigenvalue weighted by molar-refractivity contribution is 7.98. The van der Waals surface area contributed by atoms with Gasteiger partial charge in [0.1, 0.15) is 0 Å². The van der Waals surface area contributed by atoms with Crippen molar-refractivity contribution in [2.24, 2.45) is 0 Å². The van der Waals surface area contributed by atoms with E-state index in [1.165, 1.54) is 4.90 Å². The Morgan fingerprint density at radius 1 is 1.21 bits per heavy atom. The summed E-state index contributed by atoms with van der Waals surface area (Å²) in [4.78, 5) is 15.9. The largest absolute Gasteiger partial charge is 0.339 e. The number of nitrogens with one attached hydrogen (secondary N) is 1. The molecule has 0 bridgehead atoms. The van der Waals surface area contributed by atoms with Gasteiger partial charge in [-0.3, -0.25) is 4.79 Å². The second-order valence-electron chi connectivity index (χ2n) is 5.40. The van der Waals surface area contributed by atoms with E-state index in [1.807, 2.05) is 18.7 Å². The van der Waals surface area contributed by atoms with Gasteiger partial charge in [0, 0.05) is 31.1 Å². The van der Waals surface area contributed by atoms with Crippen molar-refractivity contribution in [2.45, 2.75) is 24.2 Å².